The molecule has 0 rings (SSSR count). The van der Waals surface area contributed by atoms with E-state index in [1.165, 1.54) is 0 Å². The van der Waals surface area contributed by atoms with Crippen LogP contribution in [0.4, 0.5) is 0 Å². The fourth-order valence-corrected chi connectivity index (χ4v) is 2.22. The predicted molar refractivity (Wildman–Crippen MR) is 73.2 cm³/mol. The van der Waals surface area contributed by atoms with E-state index in [2.05, 4.69) is 40.4 Å². The van der Waals surface area contributed by atoms with Crippen LogP contribution in [-0.2, 0) is 4.43 Å². The minimum atomic E-state index is -1.63. The summed E-state index contributed by atoms with van der Waals surface area (Å²) in [5.41, 5.74) is 0. The first kappa shape index (κ1) is 15.9. The summed E-state index contributed by atoms with van der Waals surface area (Å²) in [4.78, 5) is 0. The molecule has 0 aliphatic carbocycles. The summed E-state index contributed by atoms with van der Waals surface area (Å²) in [5.74, 6) is 0.376. The Morgan fingerprint density at radius 3 is 2.31 bits per heavy atom. The van der Waals surface area contributed by atoms with Crippen LogP contribution in [-0.4, -0.2) is 26.6 Å². The molecule has 0 bridgehead atoms. The van der Waals surface area contributed by atoms with E-state index in [1.54, 1.807) is 0 Å². The summed E-state index contributed by atoms with van der Waals surface area (Å²) in [7, 11) is -1.63. The molecule has 3 heteroatoms. The van der Waals surface area contributed by atoms with Gasteiger partial charge in [-0.05, 0) is 36.9 Å². The van der Waals surface area contributed by atoms with E-state index < -0.39 is 8.32 Å². The van der Waals surface area contributed by atoms with Gasteiger partial charge < -0.3 is 9.53 Å². The molecule has 0 aromatic rings. The zero-order valence-corrected chi connectivity index (χ0v) is 12.5. The van der Waals surface area contributed by atoms with E-state index in [4.69, 9.17) is 9.53 Å². The summed E-state index contributed by atoms with van der Waals surface area (Å²) in [6, 6.07) is 0. The van der Waals surface area contributed by atoms with Crippen molar-refractivity contribution in [1.29, 1.82) is 0 Å². The Balaban J connectivity index is 4.15. The van der Waals surface area contributed by atoms with Crippen LogP contribution in [0.3, 0.4) is 0 Å². The van der Waals surface area contributed by atoms with Crippen LogP contribution < -0.4 is 0 Å². The smallest absolute Gasteiger partial charge is 0.192 e. The first-order chi connectivity index (χ1) is 7.24. The third-order valence-corrected chi connectivity index (χ3v) is 8.03. The first-order valence-corrected chi connectivity index (χ1v) is 9.03. The van der Waals surface area contributed by atoms with Crippen molar-refractivity contribution in [3.63, 3.8) is 0 Å². The topological polar surface area (TPSA) is 29.5 Å². The number of rotatable bonds is 7. The minimum absolute atomic E-state index is 0.254. The van der Waals surface area contributed by atoms with Gasteiger partial charge >= 0.3 is 0 Å². The molecular weight excluding hydrogens is 216 g/mol. The lowest BCUT2D eigenvalue weighted by molar-refractivity contribution is 0.226. The van der Waals surface area contributed by atoms with Crippen molar-refractivity contribution in [2.24, 2.45) is 5.92 Å². The van der Waals surface area contributed by atoms with Gasteiger partial charge in [0.1, 0.15) is 0 Å². The number of aliphatic hydroxyl groups excluding tert-OH is 1. The third kappa shape index (κ3) is 5.28. The van der Waals surface area contributed by atoms with Gasteiger partial charge in [0.05, 0.1) is 0 Å². The highest BCUT2D eigenvalue weighted by Gasteiger charge is 2.37. The van der Waals surface area contributed by atoms with Gasteiger partial charge in [-0.3, -0.25) is 0 Å². The molecule has 96 valence electrons. The van der Waals surface area contributed by atoms with Crippen molar-refractivity contribution >= 4 is 8.32 Å². The maximum Gasteiger partial charge on any atom is 0.192 e. The van der Waals surface area contributed by atoms with Gasteiger partial charge in [-0.2, -0.15) is 0 Å². The second-order valence-electron chi connectivity index (χ2n) is 5.93. The van der Waals surface area contributed by atoms with Crippen molar-refractivity contribution < 1.29 is 9.53 Å². The summed E-state index contributed by atoms with van der Waals surface area (Å²) >= 11 is 0. The molecule has 0 amide bonds. The molecule has 0 aromatic heterocycles. The average molecular weight is 244 g/mol. The van der Waals surface area contributed by atoms with Gasteiger partial charge in [0.2, 0.25) is 0 Å². The average Bonchev–Trinajstić information content (AvgIpc) is 2.16. The lowest BCUT2D eigenvalue weighted by Gasteiger charge is -2.37. The van der Waals surface area contributed by atoms with Crippen molar-refractivity contribution in [2.45, 2.75) is 51.7 Å². The quantitative estimate of drug-likeness (QED) is 0.548. The van der Waals surface area contributed by atoms with Gasteiger partial charge in [0.25, 0.3) is 0 Å². The van der Waals surface area contributed by atoms with Crippen LogP contribution in [0.2, 0.25) is 18.1 Å². The zero-order chi connectivity index (χ0) is 12.8. The molecular formula is C13H28O2Si. The maximum absolute atomic E-state index is 8.80. The molecule has 0 unspecified atom stereocenters. The van der Waals surface area contributed by atoms with Crippen molar-refractivity contribution in [3.8, 4) is 0 Å². The van der Waals surface area contributed by atoms with E-state index in [0.717, 1.165) is 19.4 Å². The fraction of sp³-hybridized carbons (Fsp3) is 0.846. The molecule has 0 aliphatic heterocycles. The Labute approximate surface area is 102 Å². The largest absolute Gasteiger partial charge is 0.416 e. The van der Waals surface area contributed by atoms with Gasteiger partial charge in [0, 0.05) is 13.2 Å². The number of aliphatic hydroxyl groups is 1. The van der Waals surface area contributed by atoms with Gasteiger partial charge in [-0.1, -0.05) is 26.8 Å². The van der Waals surface area contributed by atoms with Gasteiger partial charge in [-0.15, -0.1) is 6.58 Å². The Morgan fingerprint density at radius 1 is 1.38 bits per heavy atom. The molecule has 0 aliphatic rings. The molecule has 0 saturated carbocycles. The lowest BCUT2D eigenvalue weighted by atomic mass is 10.1. The Hall–Kier alpha value is -0.123. The molecule has 1 atom stereocenters. The lowest BCUT2D eigenvalue weighted by Crippen LogP contribution is -2.41. The second-order valence-corrected chi connectivity index (χ2v) is 10.7. The third-order valence-electron chi connectivity index (χ3n) is 3.53. The van der Waals surface area contributed by atoms with Crippen molar-refractivity contribution in [3.05, 3.63) is 12.7 Å². The van der Waals surface area contributed by atoms with Crippen molar-refractivity contribution in [2.75, 3.05) is 13.2 Å². The zero-order valence-electron chi connectivity index (χ0n) is 11.5. The summed E-state index contributed by atoms with van der Waals surface area (Å²) < 4.78 is 6.13. The van der Waals surface area contributed by atoms with Crippen LogP contribution in [0.1, 0.15) is 33.6 Å². The summed E-state index contributed by atoms with van der Waals surface area (Å²) in [6.45, 7) is 16.1. The van der Waals surface area contributed by atoms with Crippen LogP contribution >= 0.6 is 0 Å². The predicted octanol–water partition coefficient (Wildman–Crippen LogP) is 3.58. The maximum atomic E-state index is 8.80. The van der Waals surface area contributed by atoms with E-state index in [0.29, 0.717) is 5.92 Å². The summed E-state index contributed by atoms with van der Waals surface area (Å²) in [5, 5.41) is 9.06. The monoisotopic (exact) mass is 244 g/mol. The number of hydrogen-bond donors (Lipinski definition) is 1. The standard InChI is InChI=1S/C13H28O2Si/c1-7-12(9-8-10-14)11-15-16(5,6)13(2,3)4/h7,12,14H,1,8-11H2,2-6H3/t12-/m1/s1. The molecule has 0 saturated heterocycles. The molecule has 0 heterocycles. The Kier molecular flexibility index (Phi) is 6.52. The van der Waals surface area contributed by atoms with E-state index >= 15 is 0 Å². The minimum Gasteiger partial charge on any atom is -0.416 e. The second kappa shape index (κ2) is 6.57. The SMILES string of the molecule is C=C[C@H](CCCO)CO[Si](C)(C)C(C)(C)C. The normalized spacial score (nSPS) is 14.9. The molecule has 0 radical (unpaired) electrons. The first-order valence-electron chi connectivity index (χ1n) is 6.12. The molecule has 2 nitrogen and oxygen atoms in total. The van der Waals surface area contributed by atoms with Crippen LogP contribution in [0.5, 0.6) is 0 Å². The van der Waals surface area contributed by atoms with E-state index in [-0.39, 0.29) is 11.6 Å². The summed E-state index contributed by atoms with van der Waals surface area (Å²) in [6.07, 6.45) is 3.75. The molecule has 0 fully saturated rings. The Bertz CT molecular complexity index is 206. The van der Waals surface area contributed by atoms with Gasteiger partial charge in [-0.25, -0.2) is 0 Å². The molecule has 0 aromatic carbocycles. The van der Waals surface area contributed by atoms with E-state index in [1.807, 2.05) is 6.08 Å². The van der Waals surface area contributed by atoms with Gasteiger partial charge in [0.15, 0.2) is 8.32 Å². The molecule has 16 heavy (non-hydrogen) atoms. The molecule has 0 spiro atoms. The van der Waals surface area contributed by atoms with E-state index in [9.17, 15) is 0 Å². The highest BCUT2D eigenvalue weighted by Crippen LogP contribution is 2.36. The highest BCUT2D eigenvalue weighted by molar-refractivity contribution is 6.74. The van der Waals surface area contributed by atoms with Crippen LogP contribution in [0.25, 0.3) is 0 Å². The number of hydrogen-bond acceptors (Lipinski definition) is 2. The Morgan fingerprint density at radius 2 is 1.94 bits per heavy atom. The van der Waals surface area contributed by atoms with Crippen molar-refractivity contribution in [1.82, 2.24) is 0 Å². The van der Waals surface area contributed by atoms with Crippen LogP contribution in [0, 0.1) is 5.92 Å². The van der Waals surface area contributed by atoms with Crippen LogP contribution in [0.15, 0.2) is 12.7 Å². The fourth-order valence-electron chi connectivity index (χ4n) is 1.15. The highest BCUT2D eigenvalue weighted by atomic mass is 28.4. The molecule has 1 N–H and O–H groups in total.